The minimum Gasteiger partial charge on any atom is -0.457 e. The van der Waals surface area contributed by atoms with E-state index in [9.17, 15) is 9.59 Å². The lowest BCUT2D eigenvalue weighted by Gasteiger charge is -2.10. The van der Waals surface area contributed by atoms with E-state index >= 15 is 0 Å². The van der Waals surface area contributed by atoms with E-state index in [1.807, 2.05) is 13.0 Å². The molecule has 0 spiro atoms. The summed E-state index contributed by atoms with van der Waals surface area (Å²) in [5, 5.41) is 7.97. The van der Waals surface area contributed by atoms with Gasteiger partial charge in [-0.15, -0.1) is 0 Å². The van der Waals surface area contributed by atoms with Crippen molar-refractivity contribution in [2.45, 2.75) is 6.92 Å². The summed E-state index contributed by atoms with van der Waals surface area (Å²) in [4.78, 5) is 31.7. The number of urea groups is 1. The lowest BCUT2D eigenvalue weighted by atomic mass is 10.3. The molecular formula is C20H19N5O3. The number of ether oxygens (including phenoxy) is 1. The Hall–Kier alpha value is -3.94. The molecule has 0 saturated carbocycles. The summed E-state index contributed by atoms with van der Waals surface area (Å²) >= 11 is 0. The zero-order valence-electron chi connectivity index (χ0n) is 15.4. The maximum atomic E-state index is 12.1. The van der Waals surface area contributed by atoms with Crippen molar-refractivity contribution in [1.29, 1.82) is 0 Å². The van der Waals surface area contributed by atoms with Crippen LogP contribution in [-0.2, 0) is 0 Å². The molecule has 0 atom stereocenters. The number of benzene rings is 1. The number of rotatable bonds is 5. The van der Waals surface area contributed by atoms with Gasteiger partial charge < -0.3 is 20.7 Å². The Bertz CT molecular complexity index is 989. The molecule has 0 aliphatic rings. The van der Waals surface area contributed by atoms with Gasteiger partial charge in [0.1, 0.15) is 17.2 Å². The van der Waals surface area contributed by atoms with Crippen molar-refractivity contribution in [1.82, 2.24) is 15.3 Å². The molecule has 0 radical (unpaired) electrons. The van der Waals surface area contributed by atoms with Crippen LogP contribution in [0.4, 0.5) is 16.2 Å². The van der Waals surface area contributed by atoms with Gasteiger partial charge in [0.2, 0.25) is 0 Å². The highest BCUT2D eigenvalue weighted by molar-refractivity contribution is 5.99. The molecule has 0 aliphatic carbocycles. The minimum atomic E-state index is -0.370. The maximum absolute atomic E-state index is 12.1. The molecule has 142 valence electrons. The largest absolute Gasteiger partial charge is 0.457 e. The number of carbonyl (C=O) groups excluding carboxylic acids is 2. The predicted octanol–water partition coefficient (Wildman–Crippen LogP) is 3.58. The Morgan fingerprint density at radius 1 is 0.929 bits per heavy atom. The summed E-state index contributed by atoms with van der Waals surface area (Å²) < 4.78 is 5.73. The number of hydrogen-bond acceptors (Lipinski definition) is 5. The van der Waals surface area contributed by atoms with E-state index in [1.54, 1.807) is 48.8 Å². The molecule has 0 bridgehead atoms. The summed E-state index contributed by atoms with van der Waals surface area (Å²) in [6.07, 6.45) is 4.79. The third kappa shape index (κ3) is 5.04. The van der Waals surface area contributed by atoms with E-state index in [0.29, 0.717) is 22.9 Å². The van der Waals surface area contributed by atoms with Gasteiger partial charge in [-0.3, -0.25) is 14.8 Å². The van der Waals surface area contributed by atoms with Crippen LogP contribution in [0.1, 0.15) is 16.1 Å². The number of nitrogens with one attached hydrogen (secondary N) is 3. The fraction of sp³-hybridized carbons (Fsp3) is 0.100. The van der Waals surface area contributed by atoms with Crippen molar-refractivity contribution in [3.8, 4) is 11.5 Å². The second-order valence-electron chi connectivity index (χ2n) is 5.91. The Morgan fingerprint density at radius 2 is 1.68 bits per heavy atom. The molecule has 0 aliphatic heterocycles. The summed E-state index contributed by atoms with van der Waals surface area (Å²) in [6, 6.07) is 11.5. The maximum Gasteiger partial charge on any atom is 0.323 e. The lowest BCUT2D eigenvalue weighted by molar-refractivity contribution is 0.0958. The monoisotopic (exact) mass is 377 g/mol. The van der Waals surface area contributed by atoms with Crippen LogP contribution in [0.15, 0.2) is 61.1 Å². The number of aryl methyl sites for hydroxylation is 1. The lowest BCUT2D eigenvalue weighted by Crippen LogP contribution is -2.19. The average molecular weight is 377 g/mol. The molecule has 2 heterocycles. The standard InChI is InChI=1S/C20H19N5O3/c1-13-9-15(12-22-11-13)25-20(27)24-14-3-5-16(6-4-14)28-17-7-8-23-18(10-17)19(26)21-2/h3-12H,1-2H3,(H,21,26)(H2,24,25,27). The highest BCUT2D eigenvalue weighted by Gasteiger charge is 2.07. The number of hydrogen-bond donors (Lipinski definition) is 3. The minimum absolute atomic E-state index is 0.264. The van der Waals surface area contributed by atoms with Crippen molar-refractivity contribution >= 4 is 23.3 Å². The number of aromatic nitrogens is 2. The van der Waals surface area contributed by atoms with E-state index in [2.05, 4.69) is 25.9 Å². The Morgan fingerprint density at radius 3 is 2.39 bits per heavy atom. The van der Waals surface area contributed by atoms with Gasteiger partial charge in [-0.25, -0.2) is 4.79 Å². The molecule has 8 nitrogen and oxygen atoms in total. The van der Waals surface area contributed by atoms with Crippen LogP contribution >= 0.6 is 0 Å². The Labute approximate surface area is 162 Å². The molecule has 3 N–H and O–H groups in total. The van der Waals surface area contributed by atoms with Gasteiger partial charge in [-0.2, -0.15) is 0 Å². The van der Waals surface area contributed by atoms with Crippen LogP contribution < -0.4 is 20.7 Å². The Balaban J connectivity index is 1.60. The molecule has 8 heteroatoms. The SMILES string of the molecule is CNC(=O)c1cc(Oc2ccc(NC(=O)Nc3cncc(C)c3)cc2)ccn1. The van der Waals surface area contributed by atoms with Crippen LogP contribution in [0.3, 0.4) is 0 Å². The quantitative estimate of drug-likeness (QED) is 0.630. The van der Waals surface area contributed by atoms with Crippen LogP contribution in [0.2, 0.25) is 0 Å². The normalized spacial score (nSPS) is 10.1. The number of nitrogens with zero attached hydrogens (tertiary/aromatic N) is 2. The highest BCUT2D eigenvalue weighted by Crippen LogP contribution is 2.23. The predicted molar refractivity (Wildman–Crippen MR) is 106 cm³/mol. The van der Waals surface area contributed by atoms with Gasteiger partial charge in [0.05, 0.1) is 11.9 Å². The number of amides is 3. The molecule has 3 amide bonds. The molecular weight excluding hydrogens is 358 g/mol. The number of anilines is 2. The van der Waals surface area contributed by atoms with Gasteiger partial charge in [0.15, 0.2) is 0 Å². The zero-order valence-corrected chi connectivity index (χ0v) is 15.4. The molecule has 0 fully saturated rings. The molecule has 0 saturated heterocycles. The summed E-state index contributed by atoms with van der Waals surface area (Å²) in [5.74, 6) is 0.752. The third-order valence-corrected chi connectivity index (χ3v) is 3.67. The van der Waals surface area contributed by atoms with Gasteiger partial charge in [-0.05, 0) is 48.9 Å². The van der Waals surface area contributed by atoms with Gasteiger partial charge in [0.25, 0.3) is 5.91 Å². The van der Waals surface area contributed by atoms with Gasteiger partial charge >= 0.3 is 6.03 Å². The second kappa shape index (κ2) is 8.63. The van der Waals surface area contributed by atoms with E-state index in [0.717, 1.165) is 5.56 Å². The fourth-order valence-electron chi connectivity index (χ4n) is 2.39. The molecule has 0 unspecified atom stereocenters. The first-order chi connectivity index (χ1) is 13.5. The summed E-state index contributed by atoms with van der Waals surface area (Å²) in [7, 11) is 1.54. The summed E-state index contributed by atoms with van der Waals surface area (Å²) in [5.41, 5.74) is 2.43. The first kappa shape index (κ1) is 18.8. The van der Waals surface area contributed by atoms with Crippen LogP contribution in [0.25, 0.3) is 0 Å². The van der Waals surface area contributed by atoms with Crippen LogP contribution in [0, 0.1) is 6.92 Å². The Kier molecular flexibility index (Phi) is 5.81. The molecule has 3 aromatic rings. The fourth-order valence-corrected chi connectivity index (χ4v) is 2.39. The first-order valence-corrected chi connectivity index (χ1v) is 8.49. The molecule has 3 rings (SSSR count). The molecule has 1 aromatic carbocycles. The van der Waals surface area contributed by atoms with E-state index < -0.39 is 0 Å². The second-order valence-corrected chi connectivity index (χ2v) is 5.91. The zero-order chi connectivity index (χ0) is 19.9. The van der Waals surface area contributed by atoms with Crippen molar-refractivity contribution in [3.05, 3.63) is 72.3 Å². The van der Waals surface area contributed by atoms with Crippen LogP contribution in [0.5, 0.6) is 11.5 Å². The third-order valence-electron chi connectivity index (χ3n) is 3.67. The van der Waals surface area contributed by atoms with E-state index in [4.69, 9.17) is 4.74 Å². The smallest absolute Gasteiger partial charge is 0.323 e. The molecule has 28 heavy (non-hydrogen) atoms. The molecule has 2 aromatic heterocycles. The number of carbonyl (C=O) groups is 2. The topological polar surface area (TPSA) is 105 Å². The first-order valence-electron chi connectivity index (χ1n) is 8.49. The van der Waals surface area contributed by atoms with Gasteiger partial charge in [0, 0.05) is 31.2 Å². The number of pyridine rings is 2. The summed E-state index contributed by atoms with van der Waals surface area (Å²) in [6.45, 7) is 1.90. The highest BCUT2D eigenvalue weighted by atomic mass is 16.5. The average Bonchev–Trinajstić information content (AvgIpc) is 2.69. The van der Waals surface area contributed by atoms with Crippen molar-refractivity contribution in [3.63, 3.8) is 0 Å². The van der Waals surface area contributed by atoms with Crippen LogP contribution in [-0.4, -0.2) is 29.0 Å². The van der Waals surface area contributed by atoms with Crippen molar-refractivity contribution in [2.75, 3.05) is 17.7 Å². The van der Waals surface area contributed by atoms with E-state index in [1.165, 1.54) is 13.2 Å². The van der Waals surface area contributed by atoms with Crippen molar-refractivity contribution < 1.29 is 14.3 Å². The van der Waals surface area contributed by atoms with E-state index in [-0.39, 0.29) is 17.6 Å². The van der Waals surface area contributed by atoms with Gasteiger partial charge in [-0.1, -0.05) is 0 Å². The van der Waals surface area contributed by atoms with Crippen molar-refractivity contribution in [2.24, 2.45) is 0 Å².